The van der Waals surface area contributed by atoms with Crippen LogP contribution in [0.15, 0.2) is 32.5 Å². The fourth-order valence-corrected chi connectivity index (χ4v) is 4.29. The first-order chi connectivity index (χ1) is 9.06. The highest BCUT2D eigenvalue weighted by molar-refractivity contribution is 9.13. The Balaban J connectivity index is 2.39. The van der Waals surface area contributed by atoms with E-state index in [4.69, 9.17) is 4.74 Å². The lowest BCUT2D eigenvalue weighted by Crippen LogP contribution is -2.16. The van der Waals surface area contributed by atoms with E-state index in [2.05, 4.69) is 62.3 Å². The molecule has 0 aliphatic heterocycles. The lowest BCUT2D eigenvalue weighted by atomic mass is 10.0. The summed E-state index contributed by atoms with van der Waals surface area (Å²) in [6.07, 6.45) is 0. The van der Waals surface area contributed by atoms with E-state index in [0.29, 0.717) is 0 Å². The number of rotatable bonds is 4. The summed E-state index contributed by atoms with van der Waals surface area (Å²) in [5.41, 5.74) is 2.39. The fourth-order valence-electron chi connectivity index (χ4n) is 2.06. The van der Waals surface area contributed by atoms with Crippen LogP contribution in [0.5, 0.6) is 5.75 Å². The molecule has 0 saturated heterocycles. The second kappa shape index (κ2) is 6.39. The molecule has 1 N–H and O–H groups in total. The van der Waals surface area contributed by atoms with Gasteiger partial charge in [-0.05, 0) is 69.1 Å². The van der Waals surface area contributed by atoms with Gasteiger partial charge in [-0.2, -0.15) is 0 Å². The molecule has 0 saturated carbocycles. The molecule has 102 valence electrons. The largest absolute Gasteiger partial charge is 0.496 e. The predicted molar refractivity (Wildman–Crippen MR) is 88.4 cm³/mol. The van der Waals surface area contributed by atoms with Crippen molar-refractivity contribution in [2.45, 2.75) is 13.0 Å². The molecule has 5 heteroatoms. The van der Waals surface area contributed by atoms with Crippen molar-refractivity contribution in [2.75, 3.05) is 14.2 Å². The first kappa shape index (κ1) is 15.0. The molecule has 0 fully saturated rings. The van der Waals surface area contributed by atoms with Gasteiger partial charge >= 0.3 is 0 Å². The molecule has 0 aliphatic carbocycles. The van der Waals surface area contributed by atoms with Crippen LogP contribution in [0.1, 0.15) is 22.0 Å². The zero-order valence-corrected chi connectivity index (χ0v) is 14.9. The second-order valence-corrected chi connectivity index (χ2v) is 7.48. The van der Waals surface area contributed by atoms with Crippen LogP contribution in [0.4, 0.5) is 0 Å². The molecule has 19 heavy (non-hydrogen) atoms. The number of hydrogen-bond donors (Lipinski definition) is 1. The summed E-state index contributed by atoms with van der Waals surface area (Å²) in [6.45, 7) is 2.06. The lowest BCUT2D eigenvalue weighted by molar-refractivity contribution is 0.411. The topological polar surface area (TPSA) is 21.3 Å². The standard InChI is InChI=1S/C14H15Br2NOS/c1-8-6-9(4-5-11(8)18-3)13(17-2)12-7-10(15)14(16)19-12/h4-7,13,17H,1-3H3. The zero-order valence-electron chi connectivity index (χ0n) is 11.0. The summed E-state index contributed by atoms with van der Waals surface area (Å²) >= 11 is 8.82. The third-order valence-electron chi connectivity index (χ3n) is 2.99. The summed E-state index contributed by atoms with van der Waals surface area (Å²) in [6, 6.07) is 8.63. The molecular formula is C14H15Br2NOS. The minimum absolute atomic E-state index is 0.192. The molecule has 1 aromatic carbocycles. The second-order valence-electron chi connectivity index (χ2n) is 4.22. The van der Waals surface area contributed by atoms with Crippen molar-refractivity contribution in [3.8, 4) is 5.75 Å². The maximum atomic E-state index is 5.31. The lowest BCUT2D eigenvalue weighted by Gasteiger charge is -2.16. The number of aryl methyl sites for hydroxylation is 1. The third kappa shape index (κ3) is 3.21. The highest BCUT2D eigenvalue weighted by atomic mass is 79.9. The Bertz CT molecular complexity index is 563. The van der Waals surface area contributed by atoms with Crippen molar-refractivity contribution in [2.24, 2.45) is 0 Å². The summed E-state index contributed by atoms with van der Waals surface area (Å²) < 4.78 is 7.52. The van der Waals surface area contributed by atoms with Gasteiger partial charge in [0.25, 0.3) is 0 Å². The molecule has 2 rings (SSSR count). The molecule has 0 spiro atoms. The Kier molecular flexibility index (Phi) is 5.06. The summed E-state index contributed by atoms with van der Waals surface area (Å²) in [4.78, 5) is 1.27. The van der Waals surface area contributed by atoms with Gasteiger partial charge in [0.2, 0.25) is 0 Å². The normalized spacial score (nSPS) is 12.5. The minimum Gasteiger partial charge on any atom is -0.496 e. The molecule has 2 nitrogen and oxygen atoms in total. The molecule has 1 heterocycles. The molecule has 0 amide bonds. The van der Waals surface area contributed by atoms with E-state index in [1.54, 1.807) is 18.4 Å². The molecule has 2 aromatic rings. The zero-order chi connectivity index (χ0) is 14.0. The average Bonchev–Trinajstić information content (AvgIpc) is 2.70. The number of methoxy groups -OCH3 is 1. The third-order valence-corrected chi connectivity index (χ3v) is 6.31. The van der Waals surface area contributed by atoms with Crippen LogP contribution in [0, 0.1) is 6.92 Å². The van der Waals surface area contributed by atoms with E-state index >= 15 is 0 Å². The first-order valence-corrected chi connectivity index (χ1v) is 8.23. The predicted octanol–water partition coefficient (Wildman–Crippen LogP) is 4.90. The molecule has 1 atom stereocenters. The quantitative estimate of drug-likeness (QED) is 0.782. The maximum absolute atomic E-state index is 5.31. The molecule has 1 aromatic heterocycles. The van der Waals surface area contributed by atoms with Gasteiger partial charge in [0, 0.05) is 9.35 Å². The molecule has 0 aliphatic rings. The Labute approximate surface area is 134 Å². The highest BCUT2D eigenvalue weighted by Gasteiger charge is 2.17. The van der Waals surface area contributed by atoms with Gasteiger partial charge in [-0.25, -0.2) is 0 Å². The molecule has 1 unspecified atom stereocenters. The Hall–Kier alpha value is -0.360. The average molecular weight is 405 g/mol. The monoisotopic (exact) mass is 403 g/mol. The number of hydrogen-bond acceptors (Lipinski definition) is 3. The Morgan fingerprint density at radius 3 is 2.47 bits per heavy atom. The van der Waals surface area contributed by atoms with Gasteiger partial charge in [-0.15, -0.1) is 11.3 Å². The van der Waals surface area contributed by atoms with E-state index in [1.165, 1.54) is 10.4 Å². The van der Waals surface area contributed by atoms with E-state index in [-0.39, 0.29) is 6.04 Å². The summed E-state index contributed by atoms with van der Waals surface area (Å²) in [7, 11) is 3.68. The van der Waals surface area contributed by atoms with E-state index in [1.807, 2.05) is 13.1 Å². The van der Waals surface area contributed by atoms with Crippen LogP contribution in [-0.4, -0.2) is 14.2 Å². The number of ether oxygens (including phenoxy) is 1. The van der Waals surface area contributed by atoms with Gasteiger partial charge in [-0.3, -0.25) is 0 Å². The van der Waals surface area contributed by atoms with Crippen molar-refractivity contribution < 1.29 is 4.74 Å². The van der Waals surface area contributed by atoms with Crippen molar-refractivity contribution >= 4 is 43.2 Å². The van der Waals surface area contributed by atoms with Gasteiger partial charge in [0.15, 0.2) is 0 Å². The summed E-state index contributed by atoms with van der Waals surface area (Å²) in [5.74, 6) is 0.923. The number of halogens is 2. The molecule has 0 radical (unpaired) electrons. The van der Waals surface area contributed by atoms with E-state index in [9.17, 15) is 0 Å². The van der Waals surface area contributed by atoms with Gasteiger partial charge in [0.05, 0.1) is 16.9 Å². The number of thiophene rings is 1. The molecular weight excluding hydrogens is 390 g/mol. The molecule has 0 bridgehead atoms. The van der Waals surface area contributed by atoms with Gasteiger partial charge in [0.1, 0.15) is 5.75 Å². The first-order valence-electron chi connectivity index (χ1n) is 5.83. The van der Waals surface area contributed by atoms with Crippen LogP contribution in [-0.2, 0) is 0 Å². The maximum Gasteiger partial charge on any atom is 0.121 e. The van der Waals surface area contributed by atoms with Crippen molar-refractivity contribution in [1.29, 1.82) is 0 Å². The fraction of sp³-hybridized carbons (Fsp3) is 0.286. The van der Waals surface area contributed by atoms with E-state index in [0.717, 1.165) is 19.6 Å². The smallest absolute Gasteiger partial charge is 0.121 e. The van der Waals surface area contributed by atoms with E-state index < -0.39 is 0 Å². The van der Waals surface area contributed by atoms with Crippen molar-refractivity contribution in [1.82, 2.24) is 5.32 Å². The number of nitrogens with one attached hydrogen (secondary N) is 1. The Morgan fingerprint density at radius 1 is 1.26 bits per heavy atom. The van der Waals surface area contributed by atoms with Crippen molar-refractivity contribution in [3.63, 3.8) is 0 Å². The minimum atomic E-state index is 0.192. The number of benzene rings is 1. The van der Waals surface area contributed by atoms with Gasteiger partial charge in [-0.1, -0.05) is 12.1 Å². The van der Waals surface area contributed by atoms with Crippen LogP contribution >= 0.6 is 43.2 Å². The summed E-state index contributed by atoms with van der Waals surface area (Å²) in [5, 5.41) is 3.37. The van der Waals surface area contributed by atoms with Crippen LogP contribution in [0.3, 0.4) is 0 Å². The van der Waals surface area contributed by atoms with Crippen LogP contribution in [0.2, 0.25) is 0 Å². The van der Waals surface area contributed by atoms with Gasteiger partial charge < -0.3 is 10.1 Å². The SMILES string of the molecule is CNC(c1ccc(OC)c(C)c1)c1cc(Br)c(Br)s1. The van der Waals surface area contributed by atoms with Crippen molar-refractivity contribution in [3.05, 3.63) is 48.5 Å². The Morgan fingerprint density at radius 2 is 2.00 bits per heavy atom. The highest BCUT2D eigenvalue weighted by Crippen LogP contribution is 2.38. The van der Waals surface area contributed by atoms with Crippen LogP contribution < -0.4 is 10.1 Å². The van der Waals surface area contributed by atoms with Crippen LogP contribution in [0.25, 0.3) is 0 Å².